The molecule has 0 aliphatic carbocycles. The summed E-state index contributed by atoms with van der Waals surface area (Å²) >= 11 is 1.56. The summed E-state index contributed by atoms with van der Waals surface area (Å²) < 4.78 is 9.13. The van der Waals surface area contributed by atoms with Crippen LogP contribution in [0.5, 0.6) is 0 Å². The molecule has 0 saturated heterocycles. The van der Waals surface area contributed by atoms with E-state index in [0.717, 1.165) is 26.4 Å². The molecule has 0 atom stereocenters. The van der Waals surface area contributed by atoms with Gasteiger partial charge in [0.05, 0.1) is 23.1 Å². The highest BCUT2D eigenvalue weighted by Crippen LogP contribution is 2.31. The van der Waals surface area contributed by atoms with Gasteiger partial charge in [0.1, 0.15) is 22.5 Å². The molecule has 0 saturated carbocycles. The van der Waals surface area contributed by atoms with E-state index in [9.17, 15) is 4.79 Å². The van der Waals surface area contributed by atoms with Gasteiger partial charge in [-0.2, -0.15) is 10.2 Å². The van der Waals surface area contributed by atoms with Gasteiger partial charge in [0.25, 0.3) is 5.56 Å². The Bertz CT molecular complexity index is 1260. The van der Waals surface area contributed by atoms with Crippen LogP contribution in [0.3, 0.4) is 0 Å². The van der Waals surface area contributed by atoms with E-state index in [1.807, 2.05) is 17.7 Å². The molecule has 0 amide bonds. The zero-order valence-corrected chi connectivity index (χ0v) is 14.5. The summed E-state index contributed by atoms with van der Waals surface area (Å²) in [6.45, 7) is 0.266. The van der Waals surface area contributed by atoms with Gasteiger partial charge in [-0.25, -0.2) is 14.6 Å². The maximum absolute atomic E-state index is 12.9. The number of hydrogen-bond acceptors (Lipinski definition) is 7. The van der Waals surface area contributed by atoms with Gasteiger partial charge in [-0.05, 0) is 6.07 Å². The summed E-state index contributed by atoms with van der Waals surface area (Å²) in [7, 11) is 1.85. The number of fused-ring (bicyclic) bond motifs is 3. The highest BCUT2D eigenvalue weighted by Gasteiger charge is 2.18. The number of H-pyrrole nitrogens is 1. The number of aromatic amines is 1. The average Bonchev–Trinajstić information content (AvgIpc) is 3.39. The number of nitrogens with zero attached hydrogens (tertiary/aromatic N) is 6. The van der Waals surface area contributed by atoms with Crippen LogP contribution in [-0.2, 0) is 20.0 Å². The largest absolute Gasteiger partial charge is 0.451 e. The Labute approximate surface area is 149 Å². The Hall–Kier alpha value is -3.27. The second-order valence-corrected chi connectivity index (χ2v) is 6.99. The minimum atomic E-state index is -0.174. The van der Waals surface area contributed by atoms with Crippen LogP contribution in [-0.4, -0.2) is 34.5 Å². The minimum absolute atomic E-state index is 0.174. The van der Waals surface area contributed by atoms with E-state index >= 15 is 0 Å². The third-order valence-corrected chi connectivity index (χ3v) is 5.33. The van der Waals surface area contributed by atoms with Crippen LogP contribution in [0.2, 0.25) is 0 Å². The van der Waals surface area contributed by atoms with E-state index in [2.05, 4.69) is 20.3 Å². The maximum atomic E-state index is 12.9. The lowest BCUT2D eigenvalue weighted by Gasteiger charge is -2.03. The third-order valence-electron chi connectivity index (χ3n) is 4.26. The predicted octanol–water partition coefficient (Wildman–Crippen LogP) is 1.69. The van der Waals surface area contributed by atoms with Crippen LogP contribution in [0.4, 0.5) is 0 Å². The van der Waals surface area contributed by atoms with Crippen LogP contribution < -0.4 is 5.56 Å². The zero-order chi connectivity index (χ0) is 17.7. The quantitative estimate of drug-likeness (QED) is 0.518. The zero-order valence-electron chi connectivity index (χ0n) is 13.7. The number of rotatable bonds is 4. The van der Waals surface area contributed by atoms with Crippen LogP contribution in [0.15, 0.2) is 40.3 Å². The number of nitrogens with one attached hydrogen (secondary N) is 1. The first-order valence-electron chi connectivity index (χ1n) is 7.90. The fourth-order valence-electron chi connectivity index (χ4n) is 3.03. The molecule has 0 aromatic carbocycles. The van der Waals surface area contributed by atoms with Crippen molar-refractivity contribution in [2.24, 2.45) is 7.05 Å². The molecule has 0 bridgehead atoms. The second-order valence-electron chi connectivity index (χ2n) is 5.91. The first-order valence-corrected chi connectivity index (χ1v) is 8.72. The number of aryl methyl sites for hydroxylation is 1. The van der Waals surface area contributed by atoms with Crippen molar-refractivity contribution in [2.75, 3.05) is 0 Å². The molecule has 5 aromatic heterocycles. The second kappa shape index (κ2) is 5.63. The SMILES string of the molecule is Cn1c2nc(Cc3cc[nH]n3)sc2c2cnn(Cc3cocn3)c(=O)c21. The van der Waals surface area contributed by atoms with Crippen molar-refractivity contribution < 1.29 is 4.42 Å². The minimum Gasteiger partial charge on any atom is -0.451 e. The van der Waals surface area contributed by atoms with Gasteiger partial charge in [-0.15, -0.1) is 11.3 Å². The van der Waals surface area contributed by atoms with Gasteiger partial charge < -0.3 is 8.98 Å². The molecule has 10 heteroatoms. The van der Waals surface area contributed by atoms with E-state index in [0.29, 0.717) is 17.6 Å². The highest BCUT2D eigenvalue weighted by molar-refractivity contribution is 7.19. The van der Waals surface area contributed by atoms with Crippen molar-refractivity contribution in [3.05, 3.63) is 57.9 Å². The molecular formula is C16H13N7O2S. The predicted molar refractivity (Wildman–Crippen MR) is 95.2 cm³/mol. The molecular weight excluding hydrogens is 354 g/mol. The summed E-state index contributed by atoms with van der Waals surface area (Å²) in [6, 6.07) is 1.92. The van der Waals surface area contributed by atoms with Crippen molar-refractivity contribution in [2.45, 2.75) is 13.0 Å². The number of oxazole rings is 1. The van der Waals surface area contributed by atoms with E-state index in [1.54, 1.807) is 23.7 Å². The summed E-state index contributed by atoms with van der Waals surface area (Å²) in [5.74, 6) is 0. The monoisotopic (exact) mass is 367 g/mol. The molecule has 0 unspecified atom stereocenters. The molecule has 5 rings (SSSR count). The van der Waals surface area contributed by atoms with E-state index in [-0.39, 0.29) is 12.1 Å². The number of aromatic nitrogens is 7. The average molecular weight is 367 g/mol. The molecule has 9 nitrogen and oxygen atoms in total. The van der Waals surface area contributed by atoms with Gasteiger partial charge in [0.15, 0.2) is 12.0 Å². The molecule has 0 spiro atoms. The summed E-state index contributed by atoms with van der Waals surface area (Å²) in [6.07, 6.45) is 7.00. The van der Waals surface area contributed by atoms with E-state index < -0.39 is 0 Å². The first-order chi connectivity index (χ1) is 12.7. The number of thiazole rings is 1. The summed E-state index contributed by atoms with van der Waals surface area (Å²) in [5, 5.41) is 13.0. The first kappa shape index (κ1) is 15.0. The van der Waals surface area contributed by atoms with Crippen LogP contribution >= 0.6 is 11.3 Å². The smallest absolute Gasteiger partial charge is 0.291 e. The molecule has 0 radical (unpaired) electrons. The van der Waals surface area contributed by atoms with Crippen molar-refractivity contribution in [3.63, 3.8) is 0 Å². The van der Waals surface area contributed by atoms with Crippen molar-refractivity contribution in [1.82, 2.24) is 34.5 Å². The summed E-state index contributed by atoms with van der Waals surface area (Å²) in [4.78, 5) is 21.6. The maximum Gasteiger partial charge on any atom is 0.291 e. The molecule has 26 heavy (non-hydrogen) atoms. The van der Waals surface area contributed by atoms with Crippen LogP contribution in [0.1, 0.15) is 16.4 Å². The van der Waals surface area contributed by atoms with E-state index in [4.69, 9.17) is 9.40 Å². The Morgan fingerprint density at radius 1 is 1.35 bits per heavy atom. The van der Waals surface area contributed by atoms with Crippen LogP contribution in [0, 0.1) is 0 Å². The lowest BCUT2D eigenvalue weighted by Crippen LogP contribution is -2.24. The van der Waals surface area contributed by atoms with Gasteiger partial charge in [0, 0.05) is 25.1 Å². The number of hydrogen-bond donors (Lipinski definition) is 1. The third kappa shape index (κ3) is 2.26. The lowest BCUT2D eigenvalue weighted by molar-refractivity contribution is 0.553. The molecule has 130 valence electrons. The van der Waals surface area contributed by atoms with Crippen molar-refractivity contribution in [1.29, 1.82) is 0 Å². The van der Waals surface area contributed by atoms with Gasteiger partial charge in [-0.3, -0.25) is 9.89 Å². The molecule has 5 aromatic rings. The molecule has 1 N–H and O–H groups in total. The van der Waals surface area contributed by atoms with Crippen molar-refractivity contribution in [3.8, 4) is 0 Å². The van der Waals surface area contributed by atoms with Gasteiger partial charge in [0.2, 0.25) is 0 Å². The summed E-state index contributed by atoms with van der Waals surface area (Å²) in [5.41, 5.74) is 2.78. The van der Waals surface area contributed by atoms with Gasteiger partial charge in [-0.1, -0.05) is 0 Å². The molecule has 5 heterocycles. The molecule has 0 aliphatic heterocycles. The Morgan fingerprint density at radius 2 is 2.27 bits per heavy atom. The lowest BCUT2D eigenvalue weighted by atomic mass is 10.3. The molecule has 0 fully saturated rings. The normalized spacial score (nSPS) is 11.7. The Kier molecular flexibility index (Phi) is 3.25. The van der Waals surface area contributed by atoms with Gasteiger partial charge >= 0.3 is 0 Å². The fourth-order valence-corrected chi connectivity index (χ4v) is 4.16. The standard InChI is InChI=1S/C16H13N7O2S/c1-22-13-11(5-19-23(16(13)24)6-10-7-25-8-17-10)14-15(22)20-12(26-14)4-9-2-3-18-21-9/h2-3,5,7-8H,4,6H2,1H3,(H,18,21). The highest BCUT2D eigenvalue weighted by atomic mass is 32.1. The molecule has 0 aliphatic rings. The Morgan fingerprint density at radius 3 is 3.04 bits per heavy atom. The Balaban J connectivity index is 1.62. The topological polar surface area (TPSA) is 107 Å². The fraction of sp³-hybridized carbons (Fsp3) is 0.188. The van der Waals surface area contributed by atoms with E-state index in [1.165, 1.54) is 17.3 Å². The van der Waals surface area contributed by atoms with Crippen molar-refractivity contribution >= 4 is 32.6 Å². The van der Waals surface area contributed by atoms with Crippen LogP contribution in [0.25, 0.3) is 21.3 Å².